The molecule has 0 unspecified atom stereocenters. The van der Waals surface area contributed by atoms with Crippen LogP contribution in [0.5, 0.6) is 11.5 Å². The minimum absolute atomic E-state index is 0.0232. The minimum Gasteiger partial charge on any atom is -0.508 e. The quantitative estimate of drug-likeness (QED) is 0.823. The molecule has 0 aliphatic rings. The van der Waals surface area contributed by atoms with Crippen molar-refractivity contribution >= 4 is 17.6 Å². The van der Waals surface area contributed by atoms with E-state index in [4.69, 9.17) is 0 Å². The van der Waals surface area contributed by atoms with E-state index in [0.717, 1.165) is 18.7 Å². The van der Waals surface area contributed by atoms with Crippen molar-refractivity contribution in [3.05, 3.63) is 48.0 Å². The molecule has 0 aromatic heterocycles. The third kappa shape index (κ3) is 3.75. The Balaban J connectivity index is 2.14. The van der Waals surface area contributed by atoms with Crippen LogP contribution < -0.4 is 4.90 Å². The number of benzene rings is 2. The topological polar surface area (TPSA) is 56.1 Å². The lowest BCUT2D eigenvalue weighted by Crippen LogP contribution is -2.21. The number of anilines is 1. The van der Waals surface area contributed by atoms with Gasteiger partial charge in [0.05, 0.1) is 0 Å². The van der Waals surface area contributed by atoms with Gasteiger partial charge in [0, 0.05) is 31.1 Å². The molecule has 2 rings (SSSR count). The Morgan fingerprint density at radius 1 is 1.00 bits per heavy atom. The van der Waals surface area contributed by atoms with Gasteiger partial charge in [-0.15, -0.1) is 0 Å². The summed E-state index contributed by atoms with van der Waals surface area (Å²) in [6.45, 7) is 6.22. The van der Waals surface area contributed by atoms with Gasteiger partial charge in [-0.3, -0.25) is 4.99 Å². The van der Waals surface area contributed by atoms with Crippen LogP contribution in [0.2, 0.25) is 0 Å². The van der Waals surface area contributed by atoms with Crippen molar-refractivity contribution in [3.63, 3.8) is 0 Å². The Morgan fingerprint density at radius 3 is 2.24 bits per heavy atom. The van der Waals surface area contributed by atoms with Crippen LogP contribution in [0, 0.1) is 0 Å². The average Bonchev–Trinajstić information content (AvgIpc) is 2.49. The molecule has 4 heteroatoms. The molecule has 4 nitrogen and oxygen atoms in total. The zero-order valence-corrected chi connectivity index (χ0v) is 12.3. The van der Waals surface area contributed by atoms with E-state index in [0.29, 0.717) is 5.69 Å². The first-order chi connectivity index (χ1) is 10.1. The molecule has 2 aromatic rings. The highest BCUT2D eigenvalue weighted by molar-refractivity contribution is 5.83. The second-order valence-electron chi connectivity index (χ2n) is 4.70. The minimum atomic E-state index is -0.0361. The molecule has 0 aliphatic carbocycles. The van der Waals surface area contributed by atoms with E-state index in [2.05, 4.69) is 35.9 Å². The van der Waals surface area contributed by atoms with Crippen LogP contribution >= 0.6 is 0 Å². The monoisotopic (exact) mass is 284 g/mol. The lowest BCUT2D eigenvalue weighted by atomic mass is 10.2. The average molecular weight is 284 g/mol. The fourth-order valence-electron chi connectivity index (χ4n) is 2.13. The Labute approximate surface area is 125 Å². The first-order valence-electron chi connectivity index (χ1n) is 7.05. The van der Waals surface area contributed by atoms with E-state index in [1.165, 1.54) is 17.8 Å². The van der Waals surface area contributed by atoms with Gasteiger partial charge in [0.1, 0.15) is 17.2 Å². The molecule has 0 amide bonds. The normalized spacial score (nSPS) is 11.0. The summed E-state index contributed by atoms with van der Waals surface area (Å²) in [5, 5.41) is 18.9. The molecule has 0 saturated carbocycles. The van der Waals surface area contributed by atoms with Crippen molar-refractivity contribution in [1.29, 1.82) is 0 Å². The Kier molecular flexibility index (Phi) is 4.82. The van der Waals surface area contributed by atoms with Gasteiger partial charge in [-0.25, -0.2) is 0 Å². The van der Waals surface area contributed by atoms with Gasteiger partial charge in [0.2, 0.25) is 0 Å². The number of hydrogen-bond donors (Lipinski definition) is 2. The van der Waals surface area contributed by atoms with Crippen molar-refractivity contribution in [1.82, 2.24) is 0 Å². The van der Waals surface area contributed by atoms with E-state index < -0.39 is 0 Å². The van der Waals surface area contributed by atoms with E-state index in [9.17, 15) is 10.2 Å². The predicted molar refractivity (Wildman–Crippen MR) is 87.0 cm³/mol. The van der Waals surface area contributed by atoms with Gasteiger partial charge in [-0.1, -0.05) is 12.1 Å². The molecule has 21 heavy (non-hydrogen) atoms. The summed E-state index contributed by atoms with van der Waals surface area (Å²) >= 11 is 0. The second-order valence-corrected chi connectivity index (χ2v) is 4.70. The van der Waals surface area contributed by atoms with Crippen LogP contribution in [0.4, 0.5) is 11.4 Å². The number of hydrogen-bond acceptors (Lipinski definition) is 4. The zero-order valence-electron chi connectivity index (χ0n) is 12.3. The molecule has 2 N–H and O–H groups in total. The highest BCUT2D eigenvalue weighted by Crippen LogP contribution is 2.29. The van der Waals surface area contributed by atoms with Gasteiger partial charge >= 0.3 is 0 Å². The van der Waals surface area contributed by atoms with E-state index in [-0.39, 0.29) is 11.5 Å². The molecule has 0 bridgehead atoms. The summed E-state index contributed by atoms with van der Waals surface area (Å²) in [4.78, 5) is 6.50. The molecular formula is C17H20N2O2. The number of rotatable bonds is 5. The van der Waals surface area contributed by atoms with Crippen LogP contribution in [0.1, 0.15) is 19.4 Å². The van der Waals surface area contributed by atoms with Crippen LogP contribution in [-0.2, 0) is 0 Å². The highest BCUT2D eigenvalue weighted by Gasteiger charge is 2.01. The van der Waals surface area contributed by atoms with Crippen LogP contribution in [0.25, 0.3) is 0 Å². The van der Waals surface area contributed by atoms with Gasteiger partial charge in [0.25, 0.3) is 0 Å². The van der Waals surface area contributed by atoms with Crippen molar-refractivity contribution in [2.45, 2.75) is 13.8 Å². The molecule has 0 aliphatic heterocycles. The fourth-order valence-corrected chi connectivity index (χ4v) is 2.13. The highest BCUT2D eigenvalue weighted by atomic mass is 16.3. The largest absolute Gasteiger partial charge is 0.508 e. The van der Waals surface area contributed by atoms with Gasteiger partial charge < -0.3 is 15.1 Å². The molecule has 0 saturated heterocycles. The molecule has 110 valence electrons. The molecule has 2 aromatic carbocycles. The van der Waals surface area contributed by atoms with E-state index in [1.807, 2.05) is 12.1 Å². The molecule has 0 atom stereocenters. The number of aromatic hydroxyl groups is 2. The fraction of sp³-hybridized carbons (Fsp3) is 0.235. The lowest BCUT2D eigenvalue weighted by Gasteiger charge is -2.20. The summed E-state index contributed by atoms with van der Waals surface area (Å²) in [6, 6.07) is 12.5. The predicted octanol–water partition coefficient (Wildman–Crippen LogP) is 3.69. The number of phenolic OH excluding ortho intramolecular Hbond substituents is 2. The van der Waals surface area contributed by atoms with Crippen molar-refractivity contribution in [3.8, 4) is 11.5 Å². The maximum atomic E-state index is 9.67. The lowest BCUT2D eigenvalue weighted by molar-refractivity contribution is 0.451. The van der Waals surface area contributed by atoms with Crippen LogP contribution in [-0.4, -0.2) is 29.5 Å². The third-order valence-corrected chi connectivity index (χ3v) is 3.33. The van der Waals surface area contributed by atoms with Crippen molar-refractivity contribution in [2.75, 3.05) is 18.0 Å². The Morgan fingerprint density at radius 2 is 1.67 bits per heavy atom. The van der Waals surface area contributed by atoms with Gasteiger partial charge in [-0.2, -0.15) is 0 Å². The maximum absolute atomic E-state index is 9.67. The number of phenols is 2. The van der Waals surface area contributed by atoms with Crippen LogP contribution in [0.15, 0.2) is 47.5 Å². The molecule has 0 spiro atoms. The molecular weight excluding hydrogens is 264 g/mol. The van der Waals surface area contributed by atoms with Crippen molar-refractivity contribution < 1.29 is 10.2 Å². The van der Waals surface area contributed by atoms with Crippen molar-refractivity contribution in [2.24, 2.45) is 4.99 Å². The summed E-state index contributed by atoms with van der Waals surface area (Å²) in [5.74, 6) is -0.0129. The SMILES string of the molecule is CCN(CC)c1ccc(/C=N/c2ccc(O)cc2O)cc1. The summed E-state index contributed by atoms with van der Waals surface area (Å²) in [6.07, 6.45) is 1.69. The van der Waals surface area contributed by atoms with Crippen LogP contribution in [0.3, 0.4) is 0 Å². The maximum Gasteiger partial charge on any atom is 0.144 e. The summed E-state index contributed by atoms with van der Waals surface area (Å²) < 4.78 is 0. The zero-order chi connectivity index (χ0) is 15.2. The molecule has 0 radical (unpaired) electrons. The first-order valence-corrected chi connectivity index (χ1v) is 7.05. The first kappa shape index (κ1) is 14.9. The smallest absolute Gasteiger partial charge is 0.144 e. The van der Waals surface area contributed by atoms with Gasteiger partial charge in [0.15, 0.2) is 0 Å². The summed E-state index contributed by atoms with van der Waals surface area (Å²) in [5.41, 5.74) is 2.57. The number of nitrogens with zero attached hydrogens (tertiary/aromatic N) is 2. The standard InChI is InChI=1S/C17H20N2O2/c1-3-19(4-2)14-7-5-13(6-8-14)12-18-16-10-9-15(20)11-17(16)21/h5-12,20-21H,3-4H2,1-2H3/b18-12+. The molecule has 0 heterocycles. The summed E-state index contributed by atoms with van der Waals surface area (Å²) in [7, 11) is 0. The van der Waals surface area contributed by atoms with E-state index >= 15 is 0 Å². The Hall–Kier alpha value is -2.49. The third-order valence-electron chi connectivity index (χ3n) is 3.33. The second kappa shape index (κ2) is 6.79. The van der Waals surface area contributed by atoms with Gasteiger partial charge in [-0.05, 0) is 43.7 Å². The molecule has 0 fully saturated rings. The van der Waals surface area contributed by atoms with E-state index in [1.54, 1.807) is 12.3 Å². The Bertz CT molecular complexity index is 617. The number of aliphatic imine (C=N–C) groups is 1.